The number of aromatic amines is 1. The number of hydrogen-bond donors (Lipinski definition) is 1. The Kier molecular flexibility index (Phi) is 3.73. The first-order valence-electron chi connectivity index (χ1n) is 5.96. The summed E-state index contributed by atoms with van der Waals surface area (Å²) in [6.45, 7) is 0.0946. The van der Waals surface area contributed by atoms with Gasteiger partial charge in [-0.3, -0.25) is 4.79 Å². The number of ether oxygens (including phenoxy) is 1. The van der Waals surface area contributed by atoms with E-state index in [1.165, 1.54) is 11.3 Å². The van der Waals surface area contributed by atoms with Gasteiger partial charge in [0, 0.05) is 4.47 Å². The molecular formula is C14H8BrN3O2S. The second-order valence-corrected chi connectivity index (χ2v) is 6.02. The molecule has 0 spiro atoms. The van der Waals surface area contributed by atoms with Gasteiger partial charge >= 0.3 is 0 Å². The van der Waals surface area contributed by atoms with Crippen LogP contribution in [0.15, 0.2) is 38.9 Å². The van der Waals surface area contributed by atoms with Gasteiger partial charge in [-0.15, -0.1) is 11.3 Å². The van der Waals surface area contributed by atoms with Crippen LogP contribution in [0.3, 0.4) is 0 Å². The summed E-state index contributed by atoms with van der Waals surface area (Å²) in [5.74, 6) is 0.881. The number of halogens is 1. The molecular weight excluding hydrogens is 354 g/mol. The fourth-order valence-corrected chi connectivity index (χ4v) is 2.94. The number of hydrogen-bond acceptors (Lipinski definition) is 5. The molecule has 0 bridgehead atoms. The van der Waals surface area contributed by atoms with Gasteiger partial charge in [0.25, 0.3) is 5.56 Å². The van der Waals surface area contributed by atoms with Crippen molar-refractivity contribution in [1.82, 2.24) is 9.97 Å². The number of nitrogens with one attached hydrogen (secondary N) is 1. The van der Waals surface area contributed by atoms with E-state index in [-0.39, 0.29) is 12.2 Å². The van der Waals surface area contributed by atoms with E-state index in [0.29, 0.717) is 27.4 Å². The average Bonchev–Trinajstić information content (AvgIpc) is 2.94. The van der Waals surface area contributed by atoms with Crippen molar-refractivity contribution in [3.63, 3.8) is 0 Å². The normalized spacial score (nSPS) is 10.5. The molecule has 5 nitrogen and oxygen atoms in total. The van der Waals surface area contributed by atoms with Gasteiger partial charge in [-0.1, -0.05) is 15.9 Å². The fourth-order valence-electron chi connectivity index (χ4n) is 1.85. The van der Waals surface area contributed by atoms with Crippen LogP contribution in [0, 0.1) is 11.3 Å². The summed E-state index contributed by atoms with van der Waals surface area (Å²) in [5, 5.41) is 10.9. The summed E-state index contributed by atoms with van der Waals surface area (Å²) in [6, 6.07) is 9.01. The number of H-pyrrole nitrogens is 1. The number of benzene rings is 1. The van der Waals surface area contributed by atoms with E-state index in [4.69, 9.17) is 10.00 Å². The van der Waals surface area contributed by atoms with Crippen LogP contribution in [0.1, 0.15) is 11.4 Å². The monoisotopic (exact) mass is 361 g/mol. The topological polar surface area (TPSA) is 78.8 Å². The summed E-state index contributed by atoms with van der Waals surface area (Å²) >= 11 is 4.65. The first-order chi connectivity index (χ1) is 10.2. The predicted molar refractivity (Wildman–Crippen MR) is 83.4 cm³/mol. The molecule has 0 aliphatic rings. The maximum atomic E-state index is 11.8. The summed E-state index contributed by atoms with van der Waals surface area (Å²) in [7, 11) is 0. The molecule has 0 atom stereocenters. The van der Waals surface area contributed by atoms with Crippen LogP contribution < -0.4 is 10.3 Å². The zero-order valence-electron chi connectivity index (χ0n) is 10.6. The molecule has 0 radical (unpaired) electrons. The van der Waals surface area contributed by atoms with E-state index in [9.17, 15) is 4.79 Å². The van der Waals surface area contributed by atoms with Crippen LogP contribution in [0.2, 0.25) is 0 Å². The van der Waals surface area contributed by atoms with Crippen LogP contribution in [0.4, 0.5) is 0 Å². The van der Waals surface area contributed by atoms with Crippen molar-refractivity contribution in [2.24, 2.45) is 0 Å². The molecule has 0 saturated carbocycles. The molecule has 1 N–H and O–H groups in total. The van der Waals surface area contributed by atoms with Gasteiger partial charge in [0.15, 0.2) is 0 Å². The molecule has 104 valence electrons. The minimum atomic E-state index is -0.176. The summed E-state index contributed by atoms with van der Waals surface area (Å²) in [5.41, 5.74) is 0.895. The van der Waals surface area contributed by atoms with E-state index < -0.39 is 0 Å². The molecule has 7 heteroatoms. The third kappa shape index (κ3) is 2.82. The second-order valence-electron chi connectivity index (χ2n) is 4.19. The Labute approximate surface area is 132 Å². The number of aromatic nitrogens is 2. The highest BCUT2D eigenvalue weighted by atomic mass is 79.9. The van der Waals surface area contributed by atoms with E-state index in [0.717, 1.165) is 4.47 Å². The first kappa shape index (κ1) is 13.8. The smallest absolute Gasteiger partial charge is 0.268 e. The van der Waals surface area contributed by atoms with E-state index >= 15 is 0 Å². The lowest BCUT2D eigenvalue weighted by Crippen LogP contribution is -2.12. The highest BCUT2D eigenvalue weighted by molar-refractivity contribution is 9.10. The Balaban J connectivity index is 1.87. The Morgan fingerprint density at radius 1 is 1.43 bits per heavy atom. The number of thiophene rings is 1. The number of nitrogens with zero attached hydrogens (tertiary/aromatic N) is 2. The highest BCUT2D eigenvalue weighted by Crippen LogP contribution is 2.23. The number of rotatable bonds is 3. The zero-order chi connectivity index (χ0) is 14.8. The van der Waals surface area contributed by atoms with Crippen LogP contribution in [0.25, 0.3) is 10.2 Å². The molecule has 2 aromatic heterocycles. The Morgan fingerprint density at radius 2 is 2.29 bits per heavy atom. The summed E-state index contributed by atoms with van der Waals surface area (Å²) in [4.78, 5) is 18.8. The van der Waals surface area contributed by atoms with Gasteiger partial charge in [0.05, 0.1) is 11.1 Å². The maximum Gasteiger partial charge on any atom is 0.268 e. The van der Waals surface area contributed by atoms with Crippen molar-refractivity contribution in [1.29, 1.82) is 5.26 Å². The Bertz CT molecular complexity index is 910. The quantitative estimate of drug-likeness (QED) is 0.776. The number of nitriles is 1. The lowest BCUT2D eigenvalue weighted by molar-refractivity contribution is 0.295. The van der Waals surface area contributed by atoms with Crippen molar-refractivity contribution in [2.75, 3.05) is 0 Å². The van der Waals surface area contributed by atoms with E-state index in [1.54, 1.807) is 24.3 Å². The molecule has 1 aromatic carbocycles. The van der Waals surface area contributed by atoms with Gasteiger partial charge in [-0.05, 0) is 29.6 Å². The van der Waals surface area contributed by atoms with Crippen molar-refractivity contribution >= 4 is 37.5 Å². The summed E-state index contributed by atoms with van der Waals surface area (Å²) < 4.78 is 6.98. The molecule has 2 heterocycles. The zero-order valence-corrected chi connectivity index (χ0v) is 13.0. The third-order valence-corrected chi connectivity index (χ3v) is 4.19. The average molecular weight is 362 g/mol. The molecule has 21 heavy (non-hydrogen) atoms. The lowest BCUT2D eigenvalue weighted by atomic mass is 10.2. The predicted octanol–water partition coefficient (Wildman–Crippen LogP) is 3.20. The Morgan fingerprint density at radius 3 is 3.10 bits per heavy atom. The third-order valence-electron chi connectivity index (χ3n) is 2.79. The molecule has 3 aromatic rings. The van der Waals surface area contributed by atoms with Gasteiger partial charge in [-0.2, -0.15) is 5.26 Å². The maximum absolute atomic E-state index is 11.8. The van der Waals surface area contributed by atoms with Crippen LogP contribution in [0.5, 0.6) is 5.75 Å². The first-order valence-corrected chi connectivity index (χ1v) is 7.63. The molecule has 0 saturated heterocycles. The Hall–Kier alpha value is -2.17. The minimum Gasteiger partial charge on any atom is -0.484 e. The van der Waals surface area contributed by atoms with Crippen molar-refractivity contribution in [3.8, 4) is 11.8 Å². The molecule has 0 aliphatic carbocycles. The molecule has 0 unspecified atom stereocenters. The molecule has 0 amide bonds. The van der Waals surface area contributed by atoms with Gasteiger partial charge in [0.2, 0.25) is 0 Å². The molecule has 3 rings (SSSR count). The largest absolute Gasteiger partial charge is 0.484 e. The second kappa shape index (κ2) is 5.68. The fraction of sp³-hybridized carbons (Fsp3) is 0.0714. The van der Waals surface area contributed by atoms with Crippen LogP contribution >= 0.6 is 27.3 Å². The summed E-state index contributed by atoms with van der Waals surface area (Å²) in [6.07, 6.45) is 0. The van der Waals surface area contributed by atoms with Crippen molar-refractivity contribution < 1.29 is 4.74 Å². The van der Waals surface area contributed by atoms with Gasteiger partial charge < -0.3 is 9.72 Å². The van der Waals surface area contributed by atoms with E-state index in [1.807, 2.05) is 5.38 Å². The van der Waals surface area contributed by atoms with Gasteiger partial charge in [0.1, 0.15) is 28.9 Å². The standard InChI is InChI=1S/C14H8BrN3O2S/c15-9-1-2-11(8(5-9)6-16)20-7-12-17-10-3-4-21-13(10)14(19)18-12/h1-5H,7H2,(H,17,18,19). The van der Waals surface area contributed by atoms with Crippen molar-refractivity contribution in [2.45, 2.75) is 6.61 Å². The molecule has 0 fully saturated rings. The highest BCUT2D eigenvalue weighted by Gasteiger charge is 2.08. The van der Waals surface area contributed by atoms with E-state index in [2.05, 4.69) is 32.0 Å². The molecule has 0 aliphatic heterocycles. The lowest BCUT2D eigenvalue weighted by Gasteiger charge is -2.07. The van der Waals surface area contributed by atoms with Crippen molar-refractivity contribution in [3.05, 3.63) is 55.9 Å². The number of fused-ring (bicyclic) bond motifs is 1. The van der Waals surface area contributed by atoms with Crippen LogP contribution in [-0.2, 0) is 6.61 Å². The van der Waals surface area contributed by atoms with Crippen LogP contribution in [-0.4, -0.2) is 9.97 Å². The van der Waals surface area contributed by atoms with Gasteiger partial charge in [-0.25, -0.2) is 4.98 Å². The SMILES string of the molecule is N#Cc1cc(Br)ccc1OCc1nc2ccsc2c(=O)[nH]1. The minimum absolute atomic E-state index is 0.0946.